The molecule has 1 unspecified atom stereocenters. The molecule has 0 spiro atoms. The number of hydrogen-bond acceptors (Lipinski definition) is 2. The molecule has 78 valence electrons. The first-order valence-electron chi connectivity index (χ1n) is 4.44. The van der Waals surface area contributed by atoms with Gasteiger partial charge in [-0.3, -0.25) is 9.59 Å². The third-order valence-electron chi connectivity index (χ3n) is 2.02. The van der Waals surface area contributed by atoms with Crippen LogP contribution in [-0.2, 0) is 9.59 Å². The van der Waals surface area contributed by atoms with E-state index in [0.717, 1.165) is 12.8 Å². The van der Waals surface area contributed by atoms with Gasteiger partial charge in [0.1, 0.15) is 0 Å². The van der Waals surface area contributed by atoms with Gasteiger partial charge in [-0.2, -0.15) is 0 Å². The molecule has 0 heterocycles. The fourth-order valence-electron chi connectivity index (χ4n) is 1.32. The standard InChI is InChI=1S/C9H16O4.Na.H/c1-3-4-6(2)5-7(8(10)11)9(12)13;;/h6-7H,3-5H2,1-2H3,(H,10,11)(H,12,13);;/q;+1;-1. The van der Waals surface area contributed by atoms with Crippen molar-refractivity contribution in [3.63, 3.8) is 0 Å². The van der Waals surface area contributed by atoms with Crippen molar-refractivity contribution in [2.75, 3.05) is 0 Å². The van der Waals surface area contributed by atoms with Gasteiger partial charge in [0.25, 0.3) is 0 Å². The maximum absolute atomic E-state index is 10.5. The molecule has 14 heavy (non-hydrogen) atoms. The summed E-state index contributed by atoms with van der Waals surface area (Å²) < 4.78 is 0. The number of carboxylic acids is 2. The molecule has 0 radical (unpaired) electrons. The van der Waals surface area contributed by atoms with E-state index in [4.69, 9.17) is 10.2 Å². The quantitative estimate of drug-likeness (QED) is 0.424. The molecular formula is C9H17NaO4. The van der Waals surface area contributed by atoms with E-state index in [1.54, 1.807) is 0 Å². The summed E-state index contributed by atoms with van der Waals surface area (Å²) in [5, 5.41) is 17.2. The van der Waals surface area contributed by atoms with E-state index < -0.39 is 17.9 Å². The van der Waals surface area contributed by atoms with Crippen molar-refractivity contribution in [2.24, 2.45) is 11.8 Å². The van der Waals surface area contributed by atoms with E-state index in [1.807, 2.05) is 13.8 Å². The fourth-order valence-corrected chi connectivity index (χ4v) is 1.32. The molecule has 0 aliphatic heterocycles. The zero-order chi connectivity index (χ0) is 10.4. The van der Waals surface area contributed by atoms with Crippen LogP contribution in [0.3, 0.4) is 0 Å². The molecule has 5 heteroatoms. The van der Waals surface area contributed by atoms with E-state index in [-0.39, 0.29) is 43.3 Å². The molecule has 0 aliphatic carbocycles. The van der Waals surface area contributed by atoms with Gasteiger partial charge in [0.2, 0.25) is 0 Å². The molecule has 0 aliphatic rings. The summed E-state index contributed by atoms with van der Waals surface area (Å²) in [6.45, 7) is 3.87. The van der Waals surface area contributed by atoms with Crippen molar-refractivity contribution in [1.82, 2.24) is 0 Å². The summed E-state index contributed by atoms with van der Waals surface area (Å²) in [5.41, 5.74) is 0. The summed E-state index contributed by atoms with van der Waals surface area (Å²) in [6, 6.07) is 0. The number of carbonyl (C=O) groups is 2. The summed E-state index contributed by atoms with van der Waals surface area (Å²) in [5.74, 6) is -3.57. The van der Waals surface area contributed by atoms with Gasteiger partial charge in [0, 0.05) is 0 Å². The molecule has 0 aromatic carbocycles. The summed E-state index contributed by atoms with van der Waals surface area (Å²) in [7, 11) is 0. The van der Waals surface area contributed by atoms with Crippen molar-refractivity contribution in [2.45, 2.75) is 33.1 Å². The van der Waals surface area contributed by atoms with Crippen LogP contribution < -0.4 is 29.6 Å². The van der Waals surface area contributed by atoms with Gasteiger partial charge in [-0.25, -0.2) is 0 Å². The molecule has 1 atom stereocenters. The Kier molecular flexibility index (Phi) is 9.67. The zero-order valence-corrected chi connectivity index (χ0v) is 11.0. The molecule has 4 nitrogen and oxygen atoms in total. The minimum atomic E-state index is -1.25. The Morgan fingerprint density at radius 3 is 2.00 bits per heavy atom. The number of aliphatic carboxylic acids is 2. The molecule has 0 aromatic heterocycles. The van der Waals surface area contributed by atoms with E-state index in [2.05, 4.69) is 0 Å². The van der Waals surface area contributed by atoms with Crippen LogP contribution in [0, 0.1) is 11.8 Å². The fraction of sp³-hybridized carbons (Fsp3) is 0.778. The van der Waals surface area contributed by atoms with Gasteiger partial charge in [0.15, 0.2) is 5.92 Å². The van der Waals surface area contributed by atoms with Crippen LogP contribution in [0.15, 0.2) is 0 Å². The van der Waals surface area contributed by atoms with Crippen molar-refractivity contribution < 1.29 is 50.8 Å². The normalized spacial score (nSPS) is 11.9. The van der Waals surface area contributed by atoms with Gasteiger partial charge in [0.05, 0.1) is 0 Å². The minimum Gasteiger partial charge on any atom is -1.00 e. The third-order valence-corrected chi connectivity index (χ3v) is 2.02. The van der Waals surface area contributed by atoms with Crippen LogP contribution >= 0.6 is 0 Å². The van der Waals surface area contributed by atoms with Crippen molar-refractivity contribution in [1.29, 1.82) is 0 Å². The smallest absolute Gasteiger partial charge is 1.00 e. The number of carboxylic acid groups (broad SMARTS) is 2. The molecule has 0 fully saturated rings. The predicted molar refractivity (Wildman–Crippen MR) is 48.6 cm³/mol. The average Bonchev–Trinajstić information content (AvgIpc) is 1.99. The monoisotopic (exact) mass is 212 g/mol. The number of hydrogen-bond donors (Lipinski definition) is 2. The molecule has 0 saturated heterocycles. The molecule has 0 rings (SSSR count). The van der Waals surface area contributed by atoms with E-state index in [0.29, 0.717) is 0 Å². The predicted octanol–water partition coefficient (Wildman–Crippen LogP) is -1.29. The second-order valence-electron chi connectivity index (χ2n) is 3.36. The Labute approximate surface area is 107 Å². The first kappa shape index (κ1) is 16.4. The second-order valence-corrected chi connectivity index (χ2v) is 3.36. The van der Waals surface area contributed by atoms with Crippen LogP contribution in [-0.4, -0.2) is 22.2 Å². The van der Waals surface area contributed by atoms with E-state index in [1.165, 1.54) is 0 Å². The molecule has 0 saturated carbocycles. The topological polar surface area (TPSA) is 74.6 Å². The van der Waals surface area contributed by atoms with Crippen molar-refractivity contribution in [3.8, 4) is 0 Å². The number of rotatable bonds is 6. The first-order valence-corrected chi connectivity index (χ1v) is 4.44. The molecule has 0 aromatic rings. The molecule has 2 N–H and O–H groups in total. The van der Waals surface area contributed by atoms with Crippen LogP contribution in [0.2, 0.25) is 0 Å². The van der Waals surface area contributed by atoms with Gasteiger partial charge < -0.3 is 11.6 Å². The molecule has 0 bridgehead atoms. The van der Waals surface area contributed by atoms with Gasteiger partial charge in [-0.05, 0) is 12.3 Å². The Morgan fingerprint density at radius 2 is 1.71 bits per heavy atom. The van der Waals surface area contributed by atoms with Gasteiger partial charge >= 0.3 is 41.5 Å². The zero-order valence-electron chi connectivity index (χ0n) is 9.99. The van der Waals surface area contributed by atoms with Crippen molar-refractivity contribution >= 4 is 11.9 Å². The van der Waals surface area contributed by atoms with Crippen LogP contribution in [0.1, 0.15) is 34.5 Å². The third kappa shape index (κ3) is 6.40. The first-order chi connectivity index (χ1) is 5.99. The van der Waals surface area contributed by atoms with Gasteiger partial charge in [-0.15, -0.1) is 0 Å². The Balaban J connectivity index is -0.000000720. The summed E-state index contributed by atoms with van der Waals surface area (Å²) >= 11 is 0. The van der Waals surface area contributed by atoms with E-state index >= 15 is 0 Å². The second kappa shape index (κ2) is 8.26. The summed E-state index contributed by atoms with van der Waals surface area (Å²) in [4.78, 5) is 21.0. The van der Waals surface area contributed by atoms with Crippen LogP contribution in [0.5, 0.6) is 0 Å². The van der Waals surface area contributed by atoms with Crippen molar-refractivity contribution in [3.05, 3.63) is 0 Å². The SMILES string of the molecule is CCCC(C)CC(C(=O)O)C(=O)O.[H-].[Na+]. The Hall–Kier alpha value is -0.0600. The molecular weight excluding hydrogens is 195 g/mol. The molecule has 0 amide bonds. The Bertz CT molecular complexity index is 185. The summed E-state index contributed by atoms with van der Waals surface area (Å²) in [6.07, 6.45) is 2.04. The maximum Gasteiger partial charge on any atom is 1.00 e. The average molecular weight is 212 g/mol. The maximum atomic E-state index is 10.5. The minimum absolute atomic E-state index is 0. The largest absolute Gasteiger partial charge is 1.00 e. The Morgan fingerprint density at radius 1 is 1.29 bits per heavy atom. The van der Waals surface area contributed by atoms with Crippen LogP contribution in [0.25, 0.3) is 0 Å². The van der Waals surface area contributed by atoms with E-state index in [9.17, 15) is 9.59 Å². The van der Waals surface area contributed by atoms with Gasteiger partial charge in [-0.1, -0.05) is 26.7 Å². The van der Waals surface area contributed by atoms with Crippen LogP contribution in [0.4, 0.5) is 0 Å².